The van der Waals surface area contributed by atoms with Crippen LogP contribution in [0.1, 0.15) is 42.0 Å². The average Bonchev–Trinajstić information content (AvgIpc) is 3.29. The fourth-order valence-electron chi connectivity index (χ4n) is 4.71. The van der Waals surface area contributed by atoms with E-state index in [9.17, 15) is 14.9 Å². The lowest BCUT2D eigenvalue weighted by Gasteiger charge is -2.36. The second-order valence-electron chi connectivity index (χ2n) is 9.36. The summed E-state index contributed by atoms with van der Waals surface area (Å²) in [5.41, 5.74) is 3.18. The monoisotopic (exact) mass is 548 g/mol. The van der Waals surface area contributed by atoms with Crippen LogP contribution in [-0.4, -0.2) is 22.7 Å². The van der Waals surface area contributed by atoms with Crippen LogP contribution < -0.4 is 4.74 Å². The number of esters is 2. The molecular formula is C29H22Cl2N2O5. The van der Waals surface area contributed by atoms with Gasteiger partial charge in [0.25, 0.3) is 5.79 Å². The minimum Gasteiger partial charge on any atom is -0.486 e. The molecule has 0 amide bonds. The van der Waals surface area contributed by atoms with Crippen LogP contribution in [0.25, 0.3) is 10.9 Å². The first-order chi connectivity index (χ1) is 18.2. The highest BCUT2D eigenvalue weighted by Gasteiger charge is 2.48. The molecule has 1 aliphatic rings. The maximum absolute atomic E-state index is 13.2. The summed E-state index contributed by atoms with van der Waals surface area (Å²) < 4.78 is 16.8. The molecule has 7 nitrogen and oxygen atoms in total. The number of aromatic nitrogens is 1. The average molecular weight is 549 g/mol. The van der Waals surface area contributed by atoms with Crippen molar-refractivity contribution in [2.45, 2.75) is 32.2 Å². The normalized spacial score (nSPS) is 16.0. The zero-order valence-electron chi connectivity index (χ0n) is 20.5. The van der Waals surface area contributed by atoms with Crippen molar-refractivity contribution in [2.24, 2.45) is 5.92 Å². The highest BCUT2D eigenvalue weighted by Crippen LogP contribution is 2.44. The molecule has 0 radical (unpaired) electrons. The lowest BCUT2D eigenvalue weighted by atomic mass is 9.80. The number of fused-ring (bicyclic) bond motifs is 1. The topological polar surface area (TPSA) is 101 Å². The van der Waals surface area contributed by atoms with Crippen LogP contribution in [0.15, 0.2) is 66.9 Å². The molecule has 0 bridgehead atoms. The van der Waals surface area contributed by atoms with Gasteiger partial charge in [0.1, 0.15) is 6.61 Å². The quantitative estimate of drug-likeness (QED) is 0.217. The van der Waals surface area contributed by atoms with Crippen molar-refractivity contribution in [3.8, 4) is 11.8 Å². The minimum atomic E-state index is -1.37. The first kappa shape index (κ1) is 25.7. The fourth-order valence-corrected chi connectivity index (χ4v) is 5.32. The van der Waals surface area contributed by atoms with E-state index in [0.717, 1.165) is 10.9 Å². The Morgan fingerprint density at radius 1 is 1.03 bits per heavy atom. The van der Waals surface area contributed by atoms with Gasteiger partial charge in [-0.2, -0.15) is 5.26 Å². The second kappa shape index (κ2) is 10.1. The molecule has 1 fully saturated rings. The molecular weight excluding hydrogens is 527 g/mol. The Hall–Kier alpha value is -3.99. The van der Waals surface area contributed by atoms with E-state index in [2.05, 4.69) is 11.1 Å². The Balaban J connectivity index is 1.57. The van der Waals surface area contributed by atoms with Gasteiger partial charge in [-0.15, -0.1) is 0 Å². The Morgan fingerprint density at radius 2 is 1.66 bits per heavy atom. The first-order valence-electron chi connectivity index (χ1n) is 11.8. The molecule has 0 saturated carbocycles. The number of cyclic esters (lactones) is 2. The summed E-state index contributed by atoms with van der Waals surface area (Å²) in [6.07, 6.45) is 1.75. The number of hydrogen-bond acceptors (Lipinski definition) is 6. The predicted molar refractivity (Wildman–Crippen MR) is 142 cm³/mol. The van der Waals surface area contributed by atoms with Gasteiger partial charge < -0.3 is 19.2 Å². The zero-order valence-corrected chi connectivity index (χ0v) is 22.0. The van der Waals surface area contributed by atoms with E-state index in [1.807, 2.05) is 24.3 Å². The van der Waals surface area contributed by atoms with Crippen molar-refractivity contribution >= 4 is 46.0 Å². The highest BCUT2D eigenvalue weighted by molar-refractivity contribution is 6.37. The summed E-state index contributed by atoms with van der Waals surface area (Å²) in [5.74, 6) is -4.67. The maximum atomic E-state index is 13.2. The number of carbonyl (C=O) groups is 2. The largest absolute Gasteiger partial charge is 0.486 e. The fraction of sp³-hybridized carbons (Fsp3) is 0.207. The number of ether oxygens (including phenoxy) is 3. The van der Waals surface area contributed by atoms with Gasteiger partial charge in [-0.1, -0.05) is 59.6 Å². The Kier molecular flexibility index (Phi) is 6.78. The molecule has 1 aliphatic heterocycles. The van der Waals surface area contributed by atoms with Crippen LogP contribution in [0.2, 0.25) is 10.0 Å². The Morgan fingerprint density at radius 3 is 2.34 bits per heavy atom. The number of hydrogen-bond donors (Lipinski definition) is 1. The van der Waals surface area contributed by atoms with Gasteiger partial charge in [-0.05, 0) is 35.4 Å². The zero-order chi connectivity index (χ0) is 27.0. The van der Waals surface area contributed by atoms with Crippen LogP contribution >= 0.6 is 23.2 Å². The SMILES string of the molecule is CC1(C)OC(=O)C([C@@H](c2cc(Cl)c(OCc3ccccc3C#N)c(Cl)c2)c2c[nH]c3ccccc23)C(=O)O1. The third kappa shape index (κ3) is 4.81. The van der Waals surface area contributed by atoms with Gasteiger partial charge in [0.15, 0.2) is 11.7 Å². The summed E-state index contributed by atoms with van der Waals surface area (Å²) >= 11 is 13.3. The summed E-state index contributed by atoms with van der Waals surface area (Å²) in [7, 11) is 0. The Bertz CT molecular complexity index is 1560. The number of benzene rings is 3. The predicted octanol–water partition coefficient (Wildman–Crippen LogP) is 6.51. The van der Waals surface area contributed by atoms with E-state index in [1.165, 1.54) is 13.8 Å². The van der Waals surface area contributed by atoms with Gasteiger partial charge >= 0.3 is 11.9 Å². The van der Waals surface area contributed by atoms with E-state index >= 15 is 0 Å². The lowest BCUT2D eigenvalue weighted by molar-refractivity contribution is -0.240. The number of carbonyl (C=O) groups excluding carboxylic acids is 2. The molecule has 1 aromatic heterocycles. The molecule has 5 rings (SSSR count). The van der Waals surface area contributed by atoms with Crippen molar-refractivity contribution in [1.82, 2.24) is 4.98 Å². The third-order valence-electron chi connectivity index (χ3n) is 6.38. The van der Waals surface area contributed by atoms with Gasteiger partial charge in [0, 0.05) is 42.4 Å². The molecule has 0 unspecified atom stereocenters. The molecule has 0 spiro atoms. The van der Waals surface area contributed by atoms with Crippen LogP contribution in [0, 0.1) is 17.2 Å². The number of rotatable bonds is 6. The standard InChI is InChI=1S/C29H22Cl2N2O5/c1-29(2)37-27(34)25(28(35)38-29)24(20-14-33-23-10-6-5-9-19(20)23)18-11-21(30)26(22(31)12-18)36-15-17-8-4-3-7-16(17)13-32/h3-12,14,24-25,33H,15H2,1-2H3/t24-/m0/s1. The highest BCUT2D eigenvalue weighted by atomic mass is 35.5. The molecule has 1 atom stereocenters. The van der Waals surface area contributed by atoms with Gasteiger partial charge in [0.05, 0.1) is 21.7 Å². The molecule has 1 saturated heterocycles. The van der Waals surface area contributed by atoms with Gasteiger partial charge in [0.2, 0.25) is 0 Å². The summed E-state index contributed by atoms with van der Waals surface area (Å²) in [6.45, 7) is 3.08. The van der Waals surface area contributed by atoms with E-state index < -0.39 is 29.6 Å². The molecule has 38 heavy (non-hydrogen) atoms. The van der Waals surface area contributed by atoms with Crippen LogP contribution in [0.3, 0.4) is 0 Å². The van der Waals surface area contributed by atoms with Crippen molar-refractivity contribution in [1.29, 1.82) is 5.26 Å². The van der Waals surface area contributed by atoms with Crippen molar-refractivity contribution in [2.75, 3.05) is 0 Å². The number of nitriles is 1. The smallest absolute Gasteiger partial charge is 0.324 e. The van der Waals surface area contributed by atoms with E-state index in [0.29, 0.717) is 22.3 Å². The van der Waals surface area contributed by atoms with Gasteiger partial charge in [-0.3, -0.25) is 9.59 Å². The van der Waals surface area contributed by atoms with Crippen molar-refractivity contribution < 1.29 is 23.8 Å². The Labute approximate surface area is 228 Å². The van der Waals surface area contributed by atoms with Crippen LogP contribution in [0.5, 0.6) is 5.75 Å². The minimum absolute atomic E-state index is 0.0742. The van der Waals surface area contributed by atoms with Crippen molar-refractivity contribution in [3.63, 3.8) is 0 Å². The lowest BCUT2D eigenvalue weighted by Crippen LogP contribution is -2.48. The van der Waals surface area contributed by atoms with Crippen LogP contribution in [0.4, 0.5) is 0 Å². The van der Waals surface area contributed by atoms with Crippen molar-refractivity contribution in [3.05, 3.63) is 99.2 Å². The molecule has 4 aromatic rings. The third-order valence-corrected chi connectivity index (χ3v) is 6.94. The maximum Gasteiger partial charge on any atom is 0.324 e. The first-order valence-corrected chi connectivity index (χ1v) is 12.6. The van der Waals surface area contributed by atoms with E-state index in [-0.39, 0.29) is 22.4 Å². The van der Waals surface area contributed by atoms with Gasteiger partial charge in [-0.25, -0.2) is 0 Å². The van der Waals surface area contributed by atoms with Crippen LogP contribution in [-0.2, 0) is 25.7 Å². The van der Waals surface area contributed by atoms with E-state index in [4.69, 9.17) is 37.4 Å². The molecule has 3 aromatic carbocycles. The second-order valence-corrected chi connectivity index (χ2v) is 10.2. The number of nitrogens with zero attached hydrogens (tertiary/aromatic N) is 1. The van der Waals surface area contributed by atoms with E-state index in [1.54, 1.807) is 42.6 Å². The number of para-hydroxylation sites is 1. The summed E-state index contributed by atoms with van der Waals surface area (Å²) in [4.78, 5) is 29.5. The number of H-pyrrole nitrogens is 1. The molecule has 1 N–H and O–H groups in total. The number of aromatic amines is 1. The number of nitrogens with one attached hydrogen (secondary N) is 1. The number of halogens is 2. The molecule has 0 aliphatic carbocycles. The molecule has 9 heteroatoms. The summed E-state index contributed by atoms with van der Waals surface area (Å²) in [6, 6.07) is 20.0. The molecule has 192 valence electrons. The molecule has 2 heterocycles. The summed E-state index contributed by atoms with van der Waals surface area (Å²) in [5, 5.41) is 10.5.